The van der Waals surface area contributed by atoms with Crippen LogP contribution in [0.25, 0.3) is 0 Å². The second kappa shape index (κ2) is 2.70. The highest BCUT2D eigenvalue weighted by molar-refractivity contribution is 7.09. The number of hydrogen-bond acceptors (Lipinski definition) is 2. The minimum absolute atomic E-state index is 0.321. The molecule has 1 heterocycles. The molecular weight excluding hydrogens is 142 g/mol. The van der Waals surface area contributed by atoms with Gasteiger partial charge in [-0.3, -0.25) is 4.98 Å². The van der Waals surface area contributed by atoms with Crippen molar-refractivity contribution in [2.75, 3.05) is 0 Å². The van der Waals surface area contributed by atoms with Gasteiger partial charge in [-0.2, -0.15) is 0 Å². The molecule has 10 heavy (non-hydrogen) atoms. The Morgan fingerprint density at radius 2 is 2.30 bits per heavy atom. The fourth-order valence-corrected chi connectivity index (χ4v) is 1.54. The second-order valence-electron chi connectivity index (χ2n) is 3.10. The molecule has 0 saturated carbocycles. The highest BCUT2D eigenvalue weighted by atomic mass is 32.1. The molecule has 0 saturated heterocycles. The Hall–Kier alpha value is -0.370. The number of rotatable bonds is 2. The van der Waals surface area contributed by atoms with E-state index in [9.17, 15) is 0 Å². The third-order valence-electron chi connectivity index (χ3n) is 1.98. The van der Waals surface area contributed by atoms with Gasteiger partial charge in [0, 0.05) is 16.5 Å². The lowest BCUT2D eigenvalue weighted by molar-refractivity contribution is 0.516. The largest absolute Gasteiger partial charge is 0.253 e. The van der Waals surface area contributed by atoms with Crippen LogP contribution in [0.4, 0.5) is 0 Å². The standard InChI is InChI=1S/C8H13NS/c1-4-8(2,3)7-5-9-6-10-7/h5-6H,4H2,1-3H3. The van der Waals surface area contributed by atoms with Crippen molar-refractivity contribution in [3.8, 4) is 0 Å². The number of hydrogen-bond donors (Lipinski definition) is 0. The van der Waals surface area contributed by atoms with Crippen LogP contribution in [-0.2, 0) is 5.41 Å². The zero-order chi connectivity index (χ0) is 7.61. The van der Waals surface area contributed by atoms with Gasteiger partial charge in [-0.1, -0.05) is 20.8 Å². The molecule has 1 nitrogen and oxygen atoms in total. The summed E-state index contributed by atoms with van der Waals surface area (Å²) in [5, 5.41) is 0. The fraction of sp³-hybridized carbons (Fsp3) is 0.625. The summed E-state index contributed by atoms with van der Waals surface area (Å²) in [4.78, 5) is 5.44. The molecule has 0 atom stereocenters. The lowest BCUT2D eigenvalue weighted by Gasteiger charge is -2.19. The van der Waals surface area contributed by atoms with Crippen molar-refractivity contribution in [3.05, 3.63) is 16.6 Å². The first-order valence-corrected chi connectivity index (χ1v) is 4.44. The van der Waals surface area contributed by atoms with Crippen molar-refractivity contribution >= 4 is 11.3 Å². The molecule has 2 heteroatoms. The van der Waals surface area contributed by atoms with E-state index in [2.05, 4.69) is 25.8 Å². The molecule has 0 aromatic carbocycles. The Labute approximate surface area is 66.1 Å². The first-order valence-electron chi connectivity index (χ1n) is 3.56. The fourth-order valence-electron chi connectivity index (χ4n) is 0.724. The third-order valence-corrected chi connectivity index (χ3v) is 3.12. The average molecular weight is 155 g/mol. The highest BCUT2D eigenvalue weighted by Gasteiger charge is 2.18. The van der Waals surface area contributed by atoms with Gasteiger partial charge in [0.15, 0.2) is 0 Å². The molecular formula is C8H13NS. The number of thiazole rings is 1. The van der Waals surface area contributed by atoms with Crippen LogP contribution < -0.4 is 0 Å². The van der Waals surface area contributed by atoms with E-state index >= 15 is 0 Å². The van der Waals surface area contributed by atoms with Crippen molar-refractivity contribution in [2.24, 2.45) is 0 Å². The van der Waals surface area contributed by atoms with E-state index in [0.717, 1.165) is 0 Å². The minimum atomic E-state index is 0.321. The van der Waals surface area contributed by atoms with E-state index in [-0.39, 0.29) is 0 Å². The van der Waals surface area contributed by atoms with E-state index in [1.807, 2.05) is 11.7 Å². The molecule has 0 amide bonds. The Morgan fingerprint density at radius 3 is 2.70 bits per heavy atom. The SMILES string of the molecule is CCC(C)(C)c1cncs1. The molecule has 0 aliphatic heterocycles. The quantitative estimate of drug-likeness (QED) is 0.640. The number of aromatic nitrogens is 1. The van der Waals surface area contributed by atoms with E-state index in [0.29, 0.717) is 5.41 Å². The first-order chi connectivity index (χ1) is 4.67. The summed E-state index contributed by atoms with van der Waals surface area (Å²) in [6.07, 6.45) is 3.14. The highest BCUT2D eigenvalue weighted by Crippen LogP contribution is 2.28. The lowest BCUT2D eigenvalue weighted by Crippen LogP contribution is -2.12. The van der Waals surface area contributed by atoms with Crippen LogP contribution in [0.15, 0.2) is 11.7 Å². The van der Waals surface area contributed by atoms with Crippen LogP contribution in [0.3, 0.4) is 0 Å². The lowest BCUT2D eigenvalue weighted by atomic mass is 9.89. The zero-order valence-electron chi connectivity index (χ0n) is 6.72. The van der Waals surface area contributed by atoms with Gasteiger partial charge in [-0.05, 0) is 6.42 Å². The third kappa shape index (κ3) is 1.37. The smallest absolute Gasteiger partial charge is 0.0794 e. The summed E-state index contributed by atoms with van der Waals surface area (Å²) in [5.74, 6) is 0. The predicted octanol–water partition coefficient (Wildman–Crippen LogP) is 2.83. The van der Waals surface area contributed by atoms with E-state index < -0.39 is 0 Å². The van der Waals surface area contributed by atoms with E-state index in [4.69, 9.17) is 0 Å². The monoisotopic (exact) mass is 155 g/mol. The Bertz CT molecular complexity index is 189. The molecule has 0 aliphatic carbocycles. The second-order valence-corrected chi connectivity index (χ2v) is 3.99. The van der Waals surface area contributed by atoms with Gasteiger partial charge in [0.1, 0.15) is 0 Å². The van der Waals surface area contributed by atoms with E-state index in [1.54, 1.807) is 11.3 Å². The summed E-state index contributed by atoms with van der Waals surface area (Å²) in [7, 11) is 0. The summed E-state index contributed by atoms with van der Waals surface area (Å²) >= 11 is 1.74. The summed E-state index contributed by atoms with van der Waals surface area (Å²) in [6, 6.07) is 0. The average Bonchev–Trinajstić information content (AvgIpc) is 2.38. The van der Waals surface area contributed by atoms with Gasteiger partial charge in [-0.25, -0.2) is 0 Å². The van der Waals surface area contributed by atoms with Crippen molar-refractivity contribution in [1.82, 2.24) is 4.98 Å². The molecule has 0 fully saturated rings. The van der Waals surface area contributed by atoms with Crippen LogP contribution >= 0.6 is 11.3 Å². The van der Waals surface area contributed by atoms with Crippen molar-refractivity contribution in [3.63, 3.8) is 0 Å². The normalized spacial score (nSPS) is 11.9. The summed E-state index contributed by atoms with van der Waals surface area (Å²) < 4.78 is 0. The van der Waals surface area contributed by atoms with Gasteiger partial charge in [0.05, 0.1) is 5.51 Å². The first kappa shape index (κ1) is 7.73. The van der Waals surface area contributed by atoms with Gasteiger partial charge in [0.2, 0.25) is 0 Å². The molecule has 56 valence electrons. The molecule has 0 unspecified atom stereocenters. The molecule has 0 spiro atoms. The maximum Gasteiger partial charge on any atom is 0.0794 e. The van der Waals surface area contributed by atoms with Crippen molar-refractivity contribution in [2.45, 2.75) is 32.6 Å². The van der Waals surface area contributed by atoms with Crippen LogP contribution in [0.2, 0.25) is 0 Å². The molecule has 0 radical (unpaired) electrons. The molecule has 0 bridgehead atoms. The van der Waals surface area contributed by atoms with Crippen molar-refractivity contribution in [1.29, 1.82) is 0 Å². The Morgan fingerprint density at radius 1 is 1.60 bits per heavy atom. The minimum Gasteiger partial charge on any atom is -0.253 e. The van der Waals surface area contributed by atoms with Crippen LogP contribution in [0.1, 0.15) is 32.1 Å². The van der Waals surface area contributed by atoms with Gasteiger partial charge in [-0.15, -0.1) is 11.3 Å². The molecule has 1 rings (SSSR count). The van der Waals surface area contributed by atoms with Crippen molar-refractivity contribution < 1.29 is 0 Å². The molecule has 0 N–H and O–H groups in total. The van der Waals surface area contributed by atoms with Crippen LogP contribution in [0.5, 0.6) is 0 Å². The Kier molecular flexibility index (Phi) is 2.09. The topological polar surface area (TPSA) is 12.9 Å². The summed E-state index contributed by atoms with van der Waals surface area (Å²) in [5.41, 5.74) is 2.22. The maximum absolute atomic E-state index is 4.05. The van der Waals surface area contributed by atoms with E-state index in [1.165, 1.54) is 11.3 Å². The maximum atomic E-state index is 4.05. The zero-order valence-corrected chi connectivity index (χ0v) is 7.53. The number of nitrogens with zero attached hydrogens (tertiary/aromatic N) is 1. The van der Waals surface area contributed by atoms with Crippen LogP contribution in [0, 0.1) is 0 Å². The Balaban J connectivity index is 2.85. The predicted molar refractivity (Wildman–Crippen MR) is 45.4 cm³/mol. The molecule has 0 aliphatic rings. The molecule has 1 aromatic rings. The summed E-state index contributed by atoms with van der Waals surface area (Å²) in [6.45, 7) is 6.71. The van der Waals surface area contributed by atoms with Gasteiger partial charge < -0.3 is 0 Å². The van der Waals surface area contributed by atoms with Gasteiger partial charge >= 0.3 is 0 Å². The molecule has 1 aromatic heterocycles. The van der Waals surface area contributed by atoms with Crippen LogP contribution in [-0.4, -0.2) is 4.98 Å². The van der Waals surface area contributed by atoms with Gasteiger partial charge in [0.25, 0.3) is 0 Å².